The van der Waals surface area contributed by atoms with Gasteiger partial charge < -0.3 is 15.7 Å². The van der Waals surface area contributed by atoms with Gasteiger partial charge in [-0.1, -0.05) is 41.9 Å². The summed E-state index contributed by atoms with van der Waals surface area (Å²) >= 11 is 7.82. The first-order valence-corrected chi connectivity index (χ1v) is 12.3. The zero-order valence-electron chi connectivity index (χ0n) is 19.2. The number of aliphatic carboxylic acids is 1. The van der Waals surface area contributed by atoms with E-state index in [1.807, 2.05) is 60.0 Å². The van der Waals surface area contributed by atoms with Crippen LogP contribution in [-0.2, 0) is 24.3 Å². The van der Waals surface area contributed by atoms with E-state index in [-0.39, 0.29) is 25.5 Å². The van der Waals surface area contributed by atoms with E-state index in [9.17, 15) is 14.7 Å². The molecule has 0 spiro atoms. The number of aryl methyl sites for hydroxylation is 1. The Morgan fingerprint density at radius 2 is 1.94 bits per heavy atom. The van der Waals surface area contributed by atoms with Crippen molar-refractivity contribution in [1.82, 2.24) is 20.1 Å². The molecule has 2 aromatic carbocycles. The number of urea groups is 1. The quantitative estimate of drug-likeness (QED) is 0.343. The standard InChI is InChI=1S/C25H21ClN6O3S/c1-14-5-4-6-15(9-14)29-25(35)28-13-21-31-30-20-12-27-23(17-7-2-3-8-19(17)26)18-10-16(11-22(33)34)36-24(18)32(20)21/h2-10H,11-13H2,1H3,(H,33,34)(H2,28,29,35). The molecular weight excluding hydrogens is 500 g/mol. The first-order valence-electron chi connectivity index (χ1n) is 11.1. The molecule has 0 saturated carbocycles. The topological polar surface area (TPSA) is 122 Å². The second kappa shape index (κ2) is 9.92. The number of hydrogen-bond donors (Lipinski definition) is 3. The van der Waals surface area contributed by atoms with Gasteiger partial charge in [-0.2, -0.15) is 0 Å². The molecule has 3 heterocycles. The minimum absolute atomic E-state index is 0.109. The fourth-order valence-corrected chi connectivity index (χ4v) is 5.40. The number of thiophene rings is 1. The Bertz CT molecular complexity index is 1510. The molecule has 1 aliphatic rings. The van der Waals surface area contributed by atoms with Gasteiger partial charge in [0, 0.05) is 26.7 Å². The number of nitrogens with zero attached hydrogens (tertiary/aromatic N) is 4. The van der Waals surface area contributed by atoms with Crippen molar-refractivity contribution in [2.24, 2.45) is 4.99 Å². The molecule has 1 aliphatic heterocycles. The number of anilines is 1. The van der Waals surface area contributed by atoms with E-state index in [0.717, 1.165) is 21.7 Å². The number of nitrogens with one attached hydrogen (secondary N) is 2. The first kappa shape index (κ1) is 23.7. The maximum absolute atomic E-state index is 12.5. The van der Waals surface area contributed by atoms with Crippen LogP contribution in [0.5, 0.6) is 0 Å². The van der Waals surface area contributed by atoms with Crippen molar-refractivity contribution < 1.29 is 14.7 Å². The third-order valence-electron chi connectivity index (χ3n) is 5.53. The third kappa shape index (κ3) is 4.86. The number of amides is 2. The molecule has 2 amide bonds. The molecule has 0 aliphatic carbocycles. The second-order valence-electron chi connectivity index (χ2n) is 8.19. The van der Waals surface area contributed by atoms with Crippen LogP contribution in [0.4, 0.5) is 10.5 Å². The summed E-state index contributed by atoms with van der Waals surface area (Å²) in [5.41, 5.74) is 3.87. The van der Waals surface area contributed by atoms with E-state index < -0.39 is 5.97 Å². The second-order valence-corrected chi connectivity index (χ2v) is 9.71. The minimum atomic E-state index is -0.929. The minimum Gasteiger partial charge on any atom is -0.481 e. The summed E-state index contributed by atoms with van der Waals surface area (Å²) in [5, 5.41) is 24.9. The molecule has 2 aromatic heterocycles. The smallest absolute Gasteiger partial charge is 0.319 e. The highest BCUT2D eigenvalue weighted by Gasteiger charge is 2.27. The number of aromatic nitrogens is 3. The van der Waals surface area contributed by atoms with Crippen molar-refractivity contribution in [3.8, 4) is 5.00 Å². The molecule has 0 radical (unpaired) electrons. The van der Waals surface area contributed by atoms with Crippen LogP contribution in [0.25, 0.3) is 5.00 Å². The number of fused-ring (bicyclic) bond motifs is 3. The summed E-state index contributed by atoms with van der Waals surface area (Å²) in [6, 6.07) is 16.3. The van der Waals surface area contributed by atoms with Crippen molar-refractivity contribution in [3.63, 3.8) is 0 Å². The van der Waals surface area contributed by atoms with E-state index in [2.05, 4.69) is 20.8 Å². The molecule has 0 atom stereocenters. The highest BCUT2D eigenvalue weighted by Crippen LogP contribution is 2.34. The fraction of sp³-hybridized carbons (Fsp3) is 0.160. The van der Waals surface area contributed by atoms with Crippen molar-refractivity contribution in [3.05, 3.63) is 92.8 Å². The Hall–Kier alpha value is -4.02. The molecule has 36 heavy (non-hydrogen) atoms. The number of carbonyl (C=O) groups is 2. The molecule has 5 rings (SSSR count). The Morgan fingerprint density at radius 1 is 1.11 bits per heavy atom. The number of carboxylic acids is 1. The Labute approximate surface area is 215 Å². The maximum atomic E-state index is 12.5. The normalized spacial score (nSPS) is 12.2. The Balaban J connectivity index is 1.47. The summed E-state index contributed by atoms with van der Waals surface area (Å²) < 4.78 is 1.84. The zero-order valence-corrected chi connectivity index (χ0v) is 20.7. The lowest BCUT2D eigenvalue weighted by Gasteiger charge is -2.11. The lowest BCUT2D eigenvalue weighted by molar-refractivity contribution is -0.136. The van der Waals surface area contributed by atoms with E-state index in [0.29, 0.717) is 32.9 Å². The van der Waals surface area contributed by atoms with E-state index in [1.54, 1.807) is 6.07 Å². The van der Waals surface area contributed by atoms with Crippen LogP contribution in [0.3, 0.4) is 0 Å². The van der Waals surface area contributed by atoms with Crippen molar-refractivity contribution in [2.75, 3.05) is 5.32 Å². The average molecular weight is 521 g/mol. The van der Waals surface area contributed by atoms with E-state index in [1.165, 1.54) is 11.3 Å². The summed E-state index contributed by atoms with van der Waals surface area (Å²) in [7, 11) is 0. The number of carboxylic acid groups (broad SMARTS) is 1. The Morgan fingerprint density at radius 3 is 2.72 bits per heavy atom. The summed E-state index contributed by atoms with van der Waals surface area (Å²) in [6.45, 7) is 2.31. The number of rotatable bonds is 6. The van der Waals surface area contributed by atoms with Crippen LogP contribution in [0.15, 0.2) is 59.6 Å². The third-order valence-corrected chi connectivity index (χ3v) is 6.98. The largest absolute Gasteiger partial charge is 0.481 e. The van der Waals surface area contributed by atoms with Crippen LogP contribution in [0, 0.1) is 6.92 Å². The van der Waals surface area contributed by atoms with Gasteiger partial charge in [0.1, 0.15) is 11.5 Å². The average Bonchev–Trinajstić information content (AvgIpc) is 3.38. The highest BCUT2D eigenvalue weighted by molar-refractivity contribution is 7.15. The van der Waals surface area contributed by atoms with Gasteiger partial charge in [0.15, 0.2) is 11.6 Å². The number of hydrogen-bond acceptors (Lipinski definition) is 6. The first-order chi connectivity index (χ1) is 17.4. The van der Waals surface area contributed by atoms with Gasteiger partial charge in [0.2, 0.25) is 0 Å². The molecule has 0 saturated heterocycles. The summed E-state index contributed by atoms with van der Waals surface area (Å²) in [6.07, 6.45) is -0.128. The maximum Gasteiger partial charge on any atom is 0.319 e. The van der Waals surface area contributed by atoms with Crippen molar-refractivity contribution in [1.29, 1.82) is 0 Å². The monoisotopic (exact) mass is 520 g/mol. The predicted octanol–water partition coefficient (Wildman–Crippen LogP) is 4.59. The lowest BCUT2D eigenvalue weighted by atomic mass is 10.0. The summed E-state index contributed by atoms with van der Waals surface area (Å²) in [5.74, 6) is 0.157. The highest BCUT2D eigenvalue weighted by atomic mass is 35.5. The number of carbonyl (C=O) groups excluding carboxylic acids is 1. The number of halogens is 1. The van der Waals surface area contributed by atoms with Crippen LogP contribution < -0.4 is 10.6 Å². The molecular formula is C25H21ClN6O3S. The van der Waals surface area contributed by atoms with Crippen LogP contribution in [-0.4, -0.2) is 37.6 Å². The number of aliphatic imine (C=N–C) groups is 1. The molecule has 0 fully saturated rings. The van der Waals surface area contributed by atoms with Crippen LogP contribution in [0.1, 0.15) is 33.2 Å². The molecule has 0 unspecified atom stereocenters. The Kier molecular flexibility index (Phi) is 6.53. The van der Waals surface area contributed by atoms with Gasteiger partial charge in [-0.3, -0.25) is 14.4 Å². The fourth-order valence-electron chi connectivity index (χ4n) is 3.98. The number of benzene rings is 2. The van der Waals surface area contributed by atoms with Gasteiger partial charge in [-0.15, -0.1) is 21.5 Å². The molecule has 4 aromatic rings. The molecule has 9 nitrogen and oxygen atoms in total. The molecule has 182 valence electrons. The van der Waals surface area contributed by atoms with E-state index >= 15 is 0 Å². The molecule has 11 heteroatoms. The SMILES string of the molecule is Cc1cccc(NC(=O)NCc2nnc3n2-c2sc(CC(=O)O)cc2C(c2ccccc2Cl)=NC3)c1. The van der Waals surface area contributed by atoms with Crippen molar-refractivity contribution in [2.45, 2.75) is 26.4 Å². The van der Waals surface area contributed by atoms with Gasteiger partial charge in [0.25, 0.3) is 0 Å². The van der Waals surface area contributed by atoms with Crippen LogP contribution in [0.2, 0.25) is 5.02 Å². The van der Waals surface area contributed by atoms with Gasteiger partial charge in [0.05, 0.1) is 18.7 Å². The van der Waals surface area contributed by atoms with E-state index in [4.69, 9.17) is 16.6 Å². The van der Waals surface area contributed by atoms with Crippen molar-refractivity contribution >= 4 is 46.3 Å². The van der Waals surface area contributed by atoms with Gasteiger partial charge >= 0.3 is 12.0 Å². The lowest BCUT2D eigenvalue weighted by Crippen LogP contribution is -2.29. The summed E-state index contributed by atoms with van der Waals surface area (Å²) in [4.78, 5) is 29.4. The molecule has 0 bridgehead atoms. The van der Waals surface area contributed by atoms with Gasteiger partial charge in [-0.05, 0) is 36.8 Å². The van der Waals surface area contributed by atoms with Gasteiger partial charge in [-0.25, -0.2) is 4.79 Å². The zero-order chi connectivity index (χ0) is 25.2. The predicted molar refractivity (Wildman–Crippen MR) is 138 cm³/mol. The molecule has 3 N–H and O–H groups in total. The van der Waals surface area contributed by atoms with Crippen LogP contribution >= 0.6 is 22.9 Å².